The van der Waals surface area contributed by atoms with Gasteiger partial charge in [-0.2, -0.15) is 0 Å². The molecule has 0 radical (unpaired) electrons. The van der Waals surface area contributed by atoms with Gasteiger partial charge < -0.3 is 4.42 Å². The first-order valence-electron chi connectivity index (χ1n) is 5.56. The Balaban J connectivity index is 2.57. The zero-order valence-corrected chi connectivity index (χ0v) is 9.78. The molecule has 1 heterocycles. The van der Waals surface area contributed by atoms with Gasteiger partial charge in [0.25, 0.3) is 0 Å². The topological polar surface area (TPSA) is 30.2 Å². The van der Waals surface area contributed by atoms with Crippen molar-refractivity contribution >= 4 is 21.5 Å². The molecule has 0 saturated carbocycles. The first kappa shape index (κ1) is 10.1. The third-order valence-electron chi connectivity index (χ3n) is 3.14. The Labute approximate surface area is 98.5 Å². The Morgan fingerprint density at radius 2 is 1.24 bits per heavy atom. The number of benzene rings is 1. The van der Waals surface area contributed by atoms with Gasteiger partial charge in [0.15, 0.2) is 5.43 Å². The summed E-state index contributed by atoms with van der Waals surface area (Å²) in [5.74, 6) is 0. The van der Waals surface area contributed by atoms with Gasteiger partial charge in [0.05, 0.1) is 12.5 Å². The van der Waals surface area contributed by atoms with Crippen molar-refractivity contribution in [1.29, 1.82) is 0 Å². The highest BCUT2D eigenvalue weighted by molar-refractivity contribution is 5.97. The molecule has 0 aliphatic heterocycles. The molecule has 0 N–H and O–H groups in total. The summed E-state index contributed by atoms with van der Waals surface area (Å²) in [5.41, 5.74) is 1.67. The fourth-order valence-electron chi connectivity index (χ4n) is 2.21. The number of hydrogen-bond acceptors (Lipinski definition) is 2. The van der Waals surface area contributed by atoms with Crippen LogP contribution in [0.4, 0.5) is 0 Å². The van der Waals surface area contributed by atoms with Crippen molar-refractivity contribution < 1.29 is 4.42 Å². The number of aryl methyl sites for hydroxylation is 2. The summed E-state index contributed by atoms with van der Waals surface area (Å²) in [5, 5.41) is 4.27. The monoisotopic (exact) mass is 224 g/mol. The third kappa shape index (κ3) is 1.53. The van der Waals surface area contributed by atoms with Crippen molar-refractivity contribution in [1.82, 2.24) is 0 Å². The molecular weight excluding hydrogens is 212 g/mol. The van der Waals surface area contributed by atoms with Gasteiger partial charge in [0.2, 0.25) is 0 Å². The van der Waals surface area contributed by atoms with E-state index in [0.717, 1.165) is 32.7 Å². The molecule has 1 aromatic heterocycles. The lowest BCUT2D eigenvalue weighted by atomic mass is 10.1. The average molecular weight is 224 g/mol. The summed E-state index contributed by atoms with van der Waals surface area (Å²) < 4.78 is 5.18. The van der Waals surface area contributed by atoms with E-state index in [2.05, 4.69) is 12.1 Å². The van der Waals surface area contributed by atoms with E-state index in [0.29, 0.717) is 0 Å². The first-order valence-corrected chi connectivity index (χ1v) is 5.56. The SMILES string of the molecule is Cc1cc2cc3cocc3cc2cc(C)c1=O. The molecule has 0 unspecified atom stereocenters. The second-order valence-electron chi connectivity index (χ2n) is 4.47. The van der Waals surface area contributed by atoms with Crippen LogP contribution in [-0.2, 0) is 0 Å². The highest BCUT2D eigenvalue weighted by atomic mass is 16.3. The van der Waals surface area contributed by atoms with E-state index in [1.807, 2.05) is 26.0 Å². The van der Waals surface area contributed by atoms with E-state index in [4.69, 9.17) is 4.42 Å². The predicted octanol–water partition coefficient (Wildman–Crippen LogP) is 3.56. The largest absolute Gasteiger partial charge is 0.471 e. The van der Waals surface area contributed by atoms with E-state index < -0.39 is 0 Å². The van der Waals surface area contributed by atoms with E-state index in [1.165, 1.54) is 0 Å². The summed E-state index contributed by atoms with van der Waals surface area (Å²) in [6, 6.07) is 7.99. The van der Waals surface area contributed by atoms with Crippen LogP contribution in [0.1, 0.15) is 11.1 Å². The van der Waals surface area contributed by atoms with E-state index in [-0.39, 0.29) is 5.43 Å². The molecule has 84 valence electrons. The summed E-state index contributed by atoms with van der Waals surface area (Å²) >= 11 is 0. The van der Waals surface area contributed by atoms with Crippen LogP contribution < -0.4 is 5.43 Å². The Morgan fingerprint density at radius 3 is 1.71 bits per heavy atom. The third-order valence-corrected chi connectivity index (χ3v) is 3.14. The van der Waals surface area contributed by atoms with Gasteiger partial charge in [0, 0.05) is 10.8 Å². The highest BCUT2D eigenvalue weighted by Crippen LogP contribution is 2.23. The van der Waals surface area contributed by atoms with E-state index in [1.54, 1.807) is 12.5 Å². The quantitative estimate of drug-likeness (QED) is 0.584. The average Bonchev–Trinajstić information content (AvgIpc) is 2.71. The van der Waals surface area contributed by atoms with Crippen LogP contribution in [0.15, 0.2) is 46.0 Å². The van der Waals surface area contributed by atoms with Gasteiger partial charge in [-0.1, -0.05) is 0 Å². The van der Waals surface area contributed by atoms with Crippen LogP contribution in [0.2, 0.25) is 0 Å². The zero-order valence-electron chi connectivity index (χ0n) is 9.78. The molecule has 0 aliphatic carbocycles. The van der Waals surface area contributed by atoms with E-state index >= 15 is 0 Å². The minimum atomic E-state index is 0.116. The van der Waals surface area contributed by atoms with Gasteiger partial charge in [0.1, 0.15) is 0 Å². The van der Waals surface area contributed by atoms with Crippen LogP contribution in [0, 0.1) is 13.8 Å². The minimum absolute atomic E-state index is 0.116. The molecule has 0 bridgehead atoms. The van der Waals surface area contributed by atoms with Crippen LogP contribution in [0.25, 0.3) is 21.5 Å². The van der Waals surface area contributed by atoms with Crippen molar-refractivity contribution in [3.63, 3.8) is 0 Å². The molecule has 0 atom stereocenters. The molecule has 0 fully saturated rings. The molecule has 0 spiro atoms. The molecule has 3 rings (SSSR count). The number of furan rings is 1. The lowest BCUT2D eigenvalue weighted by Gasteiger charge is -1.93. The van der Waals surface area contributed by atoms with Gasteiger partial charge in [-0.15, -0.1) is 0 Å². The zero-order chi connectivity index (χ0) is 12.0. The van der Waals surface area contributed by atoms with E-state index in [9.17, 15) is 4.79 Å². The fraction of sp³-hybridized carbons (Fsp3) is 0.133. The molecule has 2 aromatic carbocycles. The van der Waals surface area contributed by atoms with Gasteiger partial charge in [-0.25, -0.2) is 0 Å². The smallest absolute Gasteiger partial charge is 0.184 e. The number of rotatable bonds is 0. The second-order valence-corrected chi connectivity index (χ2v) is 4.47. The molecule has 2 heteroatoms. The Morgan fingerprint density at radius 1 is 0.765 bits per heavy atom. The van der Waals surface area contributed by atoms with Crippen LogP contribution >= 0.6 is 0 Å². The van der Waals surface area contributed by atoms with Gasteiger partial charge in [-0.05, 0) is 60.0 Å². The van der Waals surface area contributed by atoms with Crippen molar-refractivity contribution in [2.75, 3.05) is 0 Å². The van der Waals surface area contributed by atoms with Crippen molar-refractivity contribution in [3.8, 4) is 0 Å². The summed E-state index contributed by atoms with van der Waals surface area (Å²) in [6.45, 7) is 3.71. The molecule has 17 heavy (non-hydrogen) atoms. The van der Waals surface area contributed by atoms with Crippen LogP contribution in [0.3, 0.4) is 0 Å². The Hall–Kier alpha value is -2.09. The molecule has 2 nitrogen and oxygen atoms in total. The van der Waals surface area contributed by atoms with Gasteiger partial charge in [-0.3, -0.25) is 4.79 Å². The minimum Gasteiger partial charge on any atom is -0.471 e. The number of hydrogen-bond donors (Lipinski definition) is 0. The van der Waals surface area contributed by atoms with Crippen LogP contribution in [0.5, 0.6) is 0 Å². The Bertz CT molecular complexity index is 720. The predicted molar refractivity (Wildman–Crippen MR) is 69.5 cm³/mol. The first-order chi connectivity index (χ1) is 8.15. The second kappa shape index (κ2) is 3.45. The van der Waals surface area contributed by atoms with Gasteiger partial charge >= 0.3 is 0 Å². The maximum absolute atomic E-state index is 11.9. The number of fused-ring (bicyclic) bond motifs is 2. The highest BCUT2D eigenvalue weighted by Gasteiger charge is 2.02. The Kier molecular flexibility index (Phi) is 2.05. The summed E-state index contributed by atoms with van der Waals surface area (Å²) in [6.07, 6.45) is 3.45. The lowest BCUT2D eigenvalue weighted by Crippen LogP contribution is -2.03. The standard InChI is InChI=1S/C15H12O2/c1-9-3-11-5-13-7-17-8-14(13)6-12(11)4-10(2)15(9)16/h3-8H,1-2H3. The molecule has 0 saturated heterocycles. The maximum atomic E-state index is 11.9. The molecular formula is C15H12O2. The van der Waals surface area contributed by atoms with Crippen molar-refractivity contribution in [3.05, 3.63) is 58.1 Å². The molecule has 3 aromatic rings. The molecule has 0 aliphatic rings. The van der Waals surface area contributed by atoms with Crippen molar-refractivity contribution in [2.45, 2.75) is 13.8 Å². The summed E-state index contributed by atoms with van der Waals surface area (Å²) in [7, 11) is 0. The maximum Gasteiger partial charge on any atom is 0.184 e. The van der Waals surface area contributed by atoms with Crippen LogP contribution in [-0.4, -0.2) is 0 Å². The summed E-state index contributed by atoms with van der Waals surface area (Å²) in [4.78, 5) is 11.9. The van der Waals surface area contributed by atoms with Crippen molar-refractivity contribution in [2.24, 2.45) is 0 Å². The fourth-order valence-corrected chi connectivity index (χ4v) is 2.21. The lowest BCUT2D eigenvalue weighted by molar-refractivity contribution is 0.572. The molecule has 0 amide bonds. The normalized spacial score (nSPS) is 11.2.